The Balaban J connectivity index is 2.05. The first kappa shape index (κ1) is 13.6. The standard InChI is InChI=1S/C13H21ClN4/c1-11-10-12(2)16-13(15-11)18-6-3-5-17(7-4-14)8-9-18/h10H,3-9H2,1-2H3. The van der Waals surface area contributed by atoms with Crippen LogP contribution in [0.25, 0.3) is 0 Å². The van der Waals surface area contributed by atoms with Gasteiger partial charge in [-0.25, -0.2) is 9.97 Å². The van der Waals surface area contributed by atoms with E-state index in [1.54, 1.807) is 0 Å². The third-order valence-corrected chi connectivity index (χ3v) is 3.41. The highest BCUT2D eigenvalue weighted by Crippen LogP contribution is 2.13. The highest BCUT2D eigenvalue weighted by Gasteiger charge is 2.16. The van der Waals surface area contributed by atoms with Crippen molar-refractivity contribution in [1.29, 1.82) is 0 Å². The van der Waals surface area contributed by atoms with Crippen LogP contribution >= 0.6 is 11.6 Å². The van der Waals surface area contributed by atoms with Crippen LogP contribution in [0.2, 0.25) is 0 Å². The molecule has 1 aromatic rings. The van der Waals surface area contributed by atoms with E-state index in [0.29, 0.717) is 5.88 Å². The molecule has 5 heteroatoms. The Hall–Kier alpha value is -0.870. The van der Waals surface area contributed by atoms with Crippen molar-refractivity contribution < 1.29 is 0 Å². The zero-order valence-electron chi connectivity index (χ0n) is 11.2. The molecular weight excluding hydrogens is 248 g/mol. The second-order valence-corrected chi connectivity index (χ2v) is 5.20. The van der Waals surface area contributed by atoms with Crippen LogP contribution in [0.4, 0.5) is 5.95 Å². The summed E-state index contributed by atoms with van der Waals surface area (Å²) >= 11 is 5.80. The SMILES string of the molecule is Cc1cc(C)nc(N2CCCN(CCCl)CC2)n1. The lowest BCUT2D eigenvalue weighted by atomic mass is 10.3. The van der Waals surface area contributed by atoms with Crippen LogP contribution in [0, 0.1) is 13.8 Å². The van der Waals surface area contributed by atoms with Crippen LogP contribution in [0.15, 0.2) is 6.07 Å². The van der Waals surface area contributed by atoms with Crippen molar-refractivity contribution in [2.75, 3.05) is 43.5 Å². The van der Waals surface area contributed by atoms with Gasteiger partial charge in [-0.3, -0.25) is 0 Å². The van der Waals surface area contributed by atoms with Crippen LogP contribution < -0.4 is 4.90 Å². The van der Waals surface area contributed by atoms with E-state index in [1.807, 2.05) is 19.9 Å². The number of hydrogen-bond donors (Lipinski definition) is 0. The Morgan fingerprint density at radius 3 is 2.50 bits per heavy atom. The summed E-state index contributed by atoms with van der Waals surface area (Å²) in [4.78, 5) is 13.8. The van der Waals surface area contributed by atoms with E-state index < -0.39 is 0 Å². The lowest BCUT2D eigenvalue weighted by molar-refractivity contribution is 0.311. The molecule has 1 aliphatic rings. The Morgan fingerprint density at radius 2 is 1.83 bits per heavy atom. The molecule has 0 amide bonds. The summed E-state index contributed by atoms with van der Waals surface area (Å²) in [7, 11) is 0. The number of alkyl halides is 1. The highest BCUT2D eigenvalue weighted by molar-refractivity contribution is 6.18. The molecule has 1 aromatic heterocycles. The maximum absolute atomic E-state index is 5.80. The summed E-state index contributed by atoms with van der Waals surface area (Å²) in [5.74, 6) is 1.58. The lowest BCUT2D eigenvalue weighted by Crippen LogP contribution is -2.32. The van der Waals surface area contributed by atoms with Gasteiger partial charge in [-0.15, -0.1) is 11.6 Å². The third-order valence-electron chi connectivity index (χ3n) is 3.24. The van der Waals surface area contributed by atoms with Crippen LogP contribution in [0.5, 0.6) is 0 Å². The van der Waals surface area contributed by atoms with Gasteiger partial charge in [0.05, 0.1) is 0 Å². The van der Waals surface area contributed by atoms with Crippen molar-refractivity contribution in [3.8, 4) is 0 Å². The smallest absolute Gasteiger partial charge is 0.225 e. The van der Waals surface area contributed by atoms with Crippen molar-refractivity contribution in [1.82, 2.24) is 14.9 Å². The highest BCUT2D eigenvalue weighted by atomic mass is 35.5. The summed E-state index contributed by atoms with van der Waals surface area (Å²) in [6.45, 7) is 9.20. The van der Waals surface area contributed by atoms with Crippen molar-refractivity contribution in [3.05, 3.63) is 17.5 Å². The molecule has 0 radical (unpaired) electrons. The first-order valence-corrected chi connectivity index (χ1v) is 7.08. The Bertz CT molecular complexity index is 376. The maximum atomic E-state index is 5.80. The summed E-state index contributed by atoms with van der Waals surface area (Å²) in [6.07, 6.45) is 1.15. The molecule has 1 aliphatic heterocycles. The summed E-state index contributed by atoms with van der Waals surface area (Å²) < 4.78 is 0. The normalized spacial score (nSPS) is 17.8. The van der Waals surface area contributed by atoms with E-state index in [-0.39, 0.29) is 0 Å². The fraction of sp³-hybridized carbons (Fsp3) is 0.692. The molecule has 0 N–H and O–H groups in total. The largest absolute Gasteiger partial charge is 0.339 e. The summed E-state index contributed by atoms with van der Waals surface area (Å²) in [5.41, 5.74) is 2.08. The first-order chi connectivity index (χ1) is 8.69. The molecule has 18 heavy (non-hydrogen) atoms. The second kappa shape index (κ2) is 6.34. The number of aryl methyl sites for hydroxylation is 2. The van der Waals surface area contributed by atoms with Gasteiger partial charge in [0.2, 0.25) is 5.95 Å². The maximum Gasteiger partial charge on any atom is 0.225 e. The fourth-order valence-corrected chi connectivity index (χ4v) is 2.60. The fourth-order valence-electron chi connectivity index (χ4n) is 2.36. The Kier molecular flexibility index (Phi) is 4.78. The number of nitrogens with zero attached hydrogens (tertiary/aromatic N) is 4. The summed E-state index contributed by atoms with van der Waals surface area (Å²) in [6, 6.07) is 2.02. The van der Waals surface area contributed by atoms with Gasteiger partial charge in [-0.2, -0.15) is 0 Å². The van der Waals surface area contributed by atoms with Gasteiger partial charge in [0.15, 0.2) is 0 Å². The molecule has 0 saturated carbocycles. The molecule has 1 fully saturated rings. The van der Waals surface area contributed by atoms with Crippen LogP contribution in [-0.4, -0.2) is 53.5 Å². The molecular formula is C13H21ClN4. The molecule has 0 spiro atoms. The van der Waals surface area contributed by atoms with Crippen molar-refractivity contribution in [2.45, 2.75) is 20.3 Å². The quantitative estimate of drug-likeness (QED) is 0.783. The minimum Gasteiger partial charge on any atom is -0.339 e. The molecule has 0 aliphatic carbocycles. The minimum atomic E-state index is 0.708. The minimum absolute atomic E-state index is 0.708. The number of anilines is 1. The predicted molar refractivity (Wildman–Crippen MR) is 75.5 cm³/mol. The zero-order chi connectivity index (χ0) is 13.0. The monoisotopic (exact) mass is 268 g/mol. The van der Waals surface area contributed by atoms with E-state index in [4.69, 9.17) is 11.6 Å². The Morgan fingerprint density at radius 1 is 1.11 bits per heavy atom. The van der Waals surface area contributed by atoms with Gasteiger partial charge in [0.25, 0.3) is 0 Å². The lowest BCUT2D eigenvalue weighted by Gasteiger charge is -2.21. The third kappa shape index (κ3) is 3.56. The van der Waals surface area contributed by atoms with E-state index in [0.717, 1.165) is 56.5 Å². The van der Waals surface area contributed by atoms with Crippen molar-refractivity contribution in [2.24, 2.45) is 0 Å². The van der Waals surface area contributed by atoms with Crippen molar-refractivity contribution >= 4 is 17.5 Å². The molecule has 0 aromatic carbocycles. The average Bonchev–Trinajstić information content (AvgIpc) is 2.54. The molecule has 1 saturated heterocycles. The van der Waals surface area contributed by atoms with E-state index in [2.05, 4.69) is 19.8 Å². The number of aromatic nitrogens is 2. The van der Waals surface area contributed by atoms with Gasteiger partial charge in [-0.1, -0.05) is 0 Å². The number of rotatable bonds is 3. The van der Waals surface area contributed by atoms with Gasteiger partial charge in [0, 0.05) is 43.4 Å². The number of hydrogen-bond acceptors (Lipinski definition) is 4. The van der Waals surface area contributed by atoms with Gasteiger partial charge >= 0.3 is 0 Å². The van der Waals surface area contributed by atoms with Gasteiger partial charge in [-0.05, 0) is 32.9 Å². The molecule has 0 atom stereocenters. The van der Waals surface area contributed by atoms with Gasteiger partial charge in [0.1, 0.15) is 0 Å². The second-order valence-electron chi connectivity index (χ2n) is 4.82. The van der Waals surface area contributed by atoms with E-state index in [1.165, 1.54) is 0 Å². The summed E-state index contributed by atoms with van der Waals surface area (Å²) in [5, 5.41) is 0. The molecule has 2 rings (SSSR count). The number of halogens is 1. The Labute approximate surface area is 114 Å². The van der Waals surface area contributed by atoms with Crippen molar-refractivity contribution in [3.63, 3.8) is 0 Å². The molecule has 0 unspecified atom stereocenters. The first-order valence-electron chi connectivity index (χ1n) is 6.54. The average molecular weight is 269 g/mol. The molecule has 0 bridgehead atoms. The van der Waals surface area contributed by atoms with Crippen LogP contribution in [-0.2, 0) is 0 Å². The molecule has 2 heterocycles. The van der Waals surface area contributed by atoms with E-state index >= 15 is 0 Å². The molecule has 100 valence electrons. The van der Waals surface area contributed by atoms with Gasteiger partial charge < -0.3 is 9.80 Å². The van der Waals surface area contributed by atoms with Crippen LogP contribution in [0.1, 0.15) is 17.8 Å². The predicted octanol–water partition coefficient (Wildman–Crippen LogP) is 1.84. The topological polar surface area (TPSA) is 32.3 Å². The van der Waals surface area contributed by atoms with Crippen LogP contribution in [0.3, 0.4) is 0 Å². The molecule has 4 nitrogen and oxygen atoms in total. The zero-order valence-corrected chi connectivity index (χ0v) is 11.9. The van der Waals surface area contributed by atoms with E-state index in [9.17, 15) is 0 Å².